The van der Waals surface area contributed by atoms with E-state index in [1.807, 2.05) is 0 Å². The quantitative estimate of drug-likeness (QED) is 0.686. The SMILES string of the molecule is C[C@@H]1CCc2c(sc3nc([C@H](C)OC(=O)c4cccc(F)c4)[nH]c(=O)c23)C1. The number of aromatic nitrogens is 2. The number of H-pyrrole nitrogens is 1. The predicted molar refractivity (Wildman–Crippen MR) is 102 cm³/mol. The van der Waals surface area contributed by atoms with Crippen molar-refractivity contribution in [3.05, 3.63) is 62.3 Å². The molecular weight excluding hydrogens is 367 g/mol. The lowest BCUT2D eigenvalue weighted by atomic mass is 9.89. The molecule has 0 fully saturated rings. The molecule has 2 aromatic heterocycles. The molecule has 0 aliphatic heterocycles. The van der Waals surface area contributed by atoms with Crippen LogP contribution >= 0.6 is 11.3 Å². The van der Waals surface area contributed by atoms with E-state index in [9.17, 15) is 14.0 Å². The first kappa shape index (κ1) is 17.9. The molecule has 7 heteroatoms. The van der Waals surface area contributed by atoms with Gasteiger partial charge in [-0.05, 0) is 55.9 Å². The van der Waals surface area contributed by atoms with Crippen LogP contribution in [-0.2, 0) is 17.6 Å². The number of ether oxygens (including phenoxy) is 1. The summed E-state index contributed by atoms with van der Waals surface area (Å²) in [6, 6.07) is 5.29. The van der Waals surface area contributed by atoms with Crippen molar-refractivity contribution in [2.75, 3.05) is 0 Å². The highest BCUT2D eigenvalue weighted by Gasteiger charge is 2.24. The molecular formula is C20H19FN2O3S. The lowest BCUT2D eigenvalue weighted by Crippen LogP contribution is -2.18. The monoisotopic (exact) mass is 386 g/mol. The number of esters is 1. The molecule has 4 rings (SSSR count). The molecule has 2 heterocycles. The number of rotatable bonds is 3. The number of hydrogen-bond acceptors (Lipinski definition) is 5. The van der Waals surface area contributed by atoms with Gasteiger partial charge >= 0.3 is 5.97 Å². The largest absolute Gasteiger partial charge is 0.451 e. The fraction of sp³-hybridized carbons (Fsp3) is 0.350. The zero-order valence-corrected chi connectivity index (χ0v) is 15.9. The van der Waals surface area contributed by atoms with Crippen LogP contribution in [0.2, 0.25) is 0 Å². The van der Waals surface area contributed by atoms with E-state index in [0.29, 0.717) is 22.0 Å². The highest BCUT2D eigenvalue weighted by Crippen LogP contribution is 2.36. The first-order chi connectivity index (χ1) is 12.9. The Kier molecular flexibility index (Phi) is 4.55. The number of carbonyl (C=O) groups excluding carboxylic acids is 1. The van der Waals surface area contributed by atoms with Gasteiger partial charge in [0, 0.05) is 4.88 Å². The topological polar surface area (TPSA) is 72.0 Å². The van der Waals surface area contributed by atoms with Gasteiger partial charge in [-0.2, -0.15) is 0 Å². The molecule has 0 saturated heterocycles. The van der Waals surface area contributed by atoms with Crippen LogP contribution < -0.4 is 5.56 Å². The number of hydrogen-bond donors (Lipinski definition) is 1. The van der Waals surface area contributed by atoms with E-state index in [1.54, 1.807) is 18.3 Å². The van der Waals surface area contributed by atoms with Crippen molar-refractivity contribution < 1.29 is 13.9 Å². The summed E-state index contributed by atoms with van der Waals surface area (Å²) < 4.78 is 18.7. The molecule has 0 unspecified atom stereocenters. The van der Waals surface area contributed by atoms with Crippen molar-refractivity contribution in [2.24, 2.45) is 5.92 Å². The zero-order chi connectivity index (χ0) is 19.1. The third kappa shape index (κ3) is 3.39. The van der Waals surface area contributed by atoms with Crippen molar-refractivity contribution in [3.8, 4) is 0 Å². The molecule has 3 aromatic rings. The lowest BCUT2D eigenvalue weighted by Gasteiger charge is -2.17. The molecule has 1 aliphatic rings. The predicted octanol–water partition coefficient (Wildman–Crippen LogP) is 4.17. The maximum Gasteiger partial charge on any atom is 0.338 e. The van der Waals surface area contributed by atoms with Gasteiger partial charge in [0.1, 0.15) is 10.6 Å². The second-order valence-electron chi connectivity index (χ2n) is 7.04. The summed E-state index contributed by atoms with van der Waals surface area (Å²) in [7, 11) is 0. The molecule has 5 nitrogen and oxygen atoms in total. The van der Waals surface area contributed by atoms with E-state index >= 15 is 0 Å². The average Bonchev–Trinajstić information content (AvgIpc) is 2.99. The molecule has 0 bridgehead atoms. The molecule has 0 spiro atoms. The van der Waals surface area contributed by atoms with Crippen molar-refractivity contribution in [1.29, 1.82) is 0 Å². The Balaban J connectivity index is 1.64. The van der Waals surface area contributed by atoms with Crippen LogP contribution in [0.3, 0.4) is 0 Å². The smallest absolute Gasteiger partial charge is 0.338 e. The fourth-order valence-corrected chi connectivity index (χ4v) is 4.85. The van der Waals surface area contributed by atoms with Gasteiger partial charge in [-0.1, -0.05) is 13.0 Å². The number of thiophene rings is 1. The van der Waals surface area contributed by atoms with Crippen LogP contribution in [-0.4, -0.2) is 15.9 Å². The van der Waals surface area contributed by atoms with Crippen LogP contribution in [0.4, 0.5) is 4.39 Å². The average molecular weight is 386 g/mol. The van der Waals surface area contributed by atoms with Gasteiger partial charge in [0.2, 0.25) is 0 Å². The maximum atomic E-state index is 13.3. The Morgan fingerprint density at radius 3 is 3.04 bits per heavy atom. The normalized spacial score (nSPS) is 17.5. The zero-order valence-electron chi connectivity index (χ0n) is 15.0. The summed E-state index contributed by atoms with van der Waals surface area (Å²) in [6.45, 7) is 3.85. The van der Waals surface area contributed by atoms with Crippen LogP contribution in [0.5, 0.6) is 0 Å². The first-order valence-electron chi connectivity index (χ1n) is 8.93. The Bertz CT molecular complexity index is 1090. The summed E-state index contributed by atoms with van der Waals surface area (Å²) in [4.78, 5) is 34.1. The highest BCUT2D eigenvalue weighted by molar-refractivity contribution is 7.18. The minimum Gasteiger partial charge on any atom is -0.451 e. The van der Waals surface area contributed by atoms with E-state index in [0.717, 1.165) is 30.9 Å². The van der Waals surface area contributed by atoms with E-state index in [4.69, 9.17) is 4.74 Å². The van der Waals surface area contributed by atoms with Crippen molar-refractivity contribution >= 4 is 27.5 Å². The Morgan fingerprint density at radius 2 is 2.26 bits per heavy atom. The second-order valence-corrected chi connectivity index (χ2v) is 8.12. The van der Waals surface area contributed by atoms with E-state index in [1.165, 1.54) is 23.1 Å². The van der Waals surface area contributed by atoms with Gasteiger partial charge in [-0.3, -0.25) is 4.79 Å². The number of benzene rings is 1. The molecule has 1 N–H and O–H groups in total. The van der Waals surface area contributed by atoms with Gasteiger partial charge in [0.15, 0.2) is 11.9 Å². The molecule has 27 heavy (non-hydrogen) atoms. The van der Waals surface area contributed by atoms with Crippen LogP contribution in [0.1, 0.15) is 53.0 Å². The van der Waals surface area contributed by atoms with Crippen LogP contribution in [0.25, 0.3) is 10.2 Å². The lowest BCUT2D eigenvalue weighted by molar-refractivity contribution is 0.0319. The summed E-state index contributed by atoms with van der Waals surface area (Å²) in [5.74, 6) is -0.272. The number of halogens is 1. The van der Waals surface area contributed by atoms with Gasteiger partial charge in [0.05, 0.1) is 10.9 Å². The van der Waals surface area contributed by atoms with Crippen molar-refractivity contribution in [1.82, 2.24) is 9.97 Å². The standard InChI is InChI=1S/C20H19FN2O3S/c1-10-6-7-14-15(8-10)27-19-16(14)18(24)22-17(23-19)11(2)26-20(25)12-4-3-5-13(21)9-12/h3-5,9-11H,6-8H2,1-2H3,(H,22,23,24)/t10-,11+/m1/s1. The summed E-state index contributed by atoms with van der Waals surface area (Å²) in [5.41, 5.74) is 1.03. The molecule has 1 aliphatic carbocycles. The molecule has 2 atom stereocenters. The fourth-order valence-electron chi connectivity index (χ4n) is 3.46. The maximum absolute atomic E-state index is 13.3. The van der Waals surface area contributed by atoms with Crippen LogP contribution in [0.15, 0.2) is 29.1 Å². The number of fused-ring (bicyclic) bond motifs is 3. The van der Waals surface area contributed by atoms with E-state index in [2.05, 4.69) is 16.9 Å². The molecule has 0 saturated carbocycles. The number of aryl methyl sites for hydroxylation is 1. The molecule has 0 amide bonds. The number of carbonyl (C=O) groups is 1. The number of aromatic amines is 1. The minimum atomic E-state index is -0.754. The summed E-state index contributed by atoms with van der Waals surface area (Å²) in [6.07, 6.45) is 2.18. The Labute approximate surface area is 159 Å². The Morgan fingerprint density at radius 1 is 1.44 bits per heavy atom. The van der Waals surface area contributed by atoms with E-state index in [-0.39, 0.29) is 11.1 Å². The highest BCUT2D eigenvalue weighted by atomic mass is 32.1. The van der Waals surface area contributed by atoms with Gasteiger partial charge in [-0.25, -0.2) is 14.2 Å². The third-order valence-corrected chi connectivity index (χ3v) is 6.06. The summed E-state index contributed by atoms with van der Waals surface area (Å²) >= 11 is 1.55. The van der Waals surface area contributed by atoms with Gasteiger partial charge < -0.3 is 9.72 Å². The number of nitrogens with zero attached hydrogens (tertiary/aromatic N) is 1. The first-order valence-corrected chi connectivity index (χ1v) is 9.75. The van der Waals surface area contributed by atoms with Crippen molar-refractivity contribution in [2.45, 2.75) is 39.2 Å². The van der Waals surface area contributed by atoms with Gasteiger partial charge in [0.25, 0.3) is 5.56 Å². The van der Waals surface area contributed by atoms with Crippen LogP contribution in [0, 0.1) is 11.7 Å². The molecule has 0 radical (unpaired) electrons. The summed E-state index contributed by atoms with van der Waals surface area (Å²) in [5, 5.41) is 0.661. The minimum absolute atomic E-state index is 0.117. The molecule has 1 aromatic carbocycles. The third-order valence-electron chi connectivity index (χ3n) is 4.91. The number of nitrogens with one attached hydrogen (secondary N) is 1. The molecule has 140 valence electrons. The van der Waals surface area contributed by atoms with Crippen molar-refractivity contribution in [3.63, 3.8) is 0 Å². The van der Waals surface area contributed by atoms with Gasteiger partial charge in [-0.15, -0.1) is 11.3 Å². The van der Waals surface area contributed by atoms with E-state index < -0.39 is 17.9 Å². The second kappa shape index (κ2) is 6.88. The Hall–Kier alpha value is -2.54.